The third kappa shape index (κ3) is 2.58. The first-order chi connectivity index (χ1) is 8.10. The highest BCUT2D eigenvalue weighted by molar-refractivity contribution is 5.73. The number of hydrogen-bond donors (Lipinski definition) is 2. The largest absolute Gasteiger partial charge is 0.508 e. The van der Waals surface area contributed by atoms with Gasteiger partial charge >= 0.3 is 5.97 Å². The van der Waals surface area contributed by atoms with Crippen molar-refractivity contribution in [3.8, 4) is 5.75 Å². The highest BCUT2D eigenvalue weighted by atomic mass is 16.5. The van der Waals surface area contributed by atoms with Gasteiger partial charge in [-0.05, 0) is 42.5 Å². The molecule has 1 unspecified atom stereocenters. The second-order valence-electron chi connectivity index (χ2n) is 4.40. The maximum atomic E-state index is 11.4. The molecule has 0 radical (unpaired) electrons. The smallest absolute Gasteiger partial charge is 0.310 e. The molecule has 1 aliphatic rings. The van der Waals surface area contributed by atoms with Gasteiger partial charge in [-0.3, -0.25) is 4.79 Å². The number of rotatable bonds is 3. The topological polar surface area (TPSA) is 72.5 Å². The highest BCUT2D eigenvalue weighted by Gasteiger charge is 2.22. The Kier molecular flexibility index (Phi) is 3.33. The summed E-state index contributed by atoms with van der Waals surface area (Å²) in [6.07, 6.45) is 1.67. The first-order valence-electron chi connectivity index (χ1n) is 5.85. The van der Waals surface area contributed by atoms with Crippen molar-refractivity contribution in [1.29, 1.82) is 0 Å². The summed E-state index contributed by atoms with van der Waals surface area (Å²) in [7, 11) is 0. The summed E-state index contributed by atoms with van der Waals surface area (Å²) in [5.41, 5.74) is 8.61. The van der Waals surface area contributed by atoms with E-state index in [1.54, 1.807) is 13.0 Å². The lowest BCUT2D eigenvalue weighted by Crippen LogP contribution is -2.19. The van der Waals surface area contributed by atoms with E-state index in [-0.39, 0.29) is 24.2 Å². The molecular formula is C13H17NO3. The zero-order valence-corrected chi connectivity index (χ0v) is 9.90. The minimum absolute atomic E-state index is 0.0775. The maximum Gasteiger partial charge on any atom is 0.310 e. The van der Waals surface area contributed by atoms with Crippen LogP contribution >= 0.6 is 0 Å². The number of carbonyl (C=O) groups is 1. The molecule has 4 heteroatoms. The van der Waals surface area contributed by atoms with E-state index in [1.165, 1.54) is 0 Å². The molecule has 0 fully saturated rings. The normalized spacial score (nSPS) is 17.9. The predicted molar refractivity (Wildman–Crippen MR) is 63.8 cm³/mol. The lowest BCUT2D eigenvalue weighted by Gasteiger charge is -2.07. The number of fused-ring (bicyclic) bond motifs is 1. The van der Waals surface area contributed by atoms with Crippen LogP contribution in [0.15, 0.2) is 12.1 Å². The monoisotopic (exact) mass is 235 g/mol. The van der Waals surface area contributed by atoms with Crippen LogP contribution in [0, 0.1) is 0 Å². The van der Waals surface area contributed by atoms with Gasteiger partial charge in [0.2, 0.25) is 0 Å². The molecule has 17 heavy (non-hydrogen) atoms. The molecule has 92 valence electrons. The minimum atomic E-state index is -0.269. The summed E-state index contributed by atoms with van der Waals surface area (Å²) >= 11 is 0. The third-order valence-corrected chi connectivity index (χ3v) is 2.98. The van der Waals surface area contributed by atoms with E-state index in [0.717, 1.165) is 23.1 Å². The number of phenolic OH excluding ortho intramolecular Hbond substituents is 1. The molecular weight excluding hydrogens is 218 g/mol. The number of benzene rings is 1. The lowest BCUT2D eigenvalue weighted by atomic mass is 10.0. The molecule has 1 atom stereocenters. The Morgan fingerprint density at radius 1 is 1.53 bits per heavy atom. The molecule has 1 aliphatic carbocycles. The molecule has 0 aromatic heterocycles. The molecule has 1 aromatic carbocycles. The standard InChI is InChI=1S/C13H17NO3/c1-2-17-13(16)5-8-3-9-6-10(14)7-11(9)12(15)4-8/h3-4,10,15H,2,5-7,14H2,1H3. The van der Waals surface area contributed by atoms with Crippen LogP contribution in [0.2, 0.25) is 0 Å². The van der Waals surface area contributed by atoms with Crippen molar-refractivity contribution >= 4 is 5.97 Å². The van der Waals surface area contributed by atoms with E-state index < -0.39 is 0 Å². The number of esters is 1. The Morgan fingerprint density at radius 2 is 2.29 bits per heavy atom. The zero-order valence-electron chi connectivity index (χ0n) is 9.90. The van der Waals surface area contributed by atoms with Gasteiger partial charge in [-0.2, -0.15) is 0 Å². The number of phenols is 1. The number of nitrogens with two attached hydrogens (primary N) is 1. The quantitative estimate of drug-likeness (QED) is 0.764. The summed E-state index contributed by atoms with van der Waals surface area (Å²) in [5.74, 6) is -0.0242. The van der Waals surface area contributed by atoms with Crippen molar-refractivity contribution < 1.29 is 14.6 Å². The van der Waals surface area contributed by atoms with Crippen LogP contribution in [0.4, 0.5) is 0 Å². The molecule has 3 N–H and O–H groups in total. The SMILES string of the molecule is CCOC(=O)Cc1cc(O)c2c(c1)CC(N)C2. The van der Waals surface area contributed by atoms with Gasteiger partial charge in [0.1, 0.15) is 5.75 Å². The van der Waals surface area contributed by atoms with Gasteiger partial charge < -0.3 is 15.6 Å². The van der Waals surface area contributed by atoms with Gasteiger partial charge in [0.25, 0.3) is 0 Å². The van der Waals surface area contributed by atoms with Crippen LogP contribution in [0.25, 0.3) is 0 Å². The minimum Gasteiger partial charge on any atom is -0.508 e. The molecule has 0 saturated carbocycles. The molecule has 0 spiro atoms. The summed E-state index contributed by atoms with van der Waals surface area (Å²) in [6.45, 7) is 2.15. The lowest BCUT2D eigenvalue weighted by molar-refractivity contribution is -0.142. The van der Waals surface area contributed by atoms with Crippen molar-refractivity contribution in [2.45, 2.75) is 32.2 Å². The van der Waals surface area contributed by atoms with Crippen molar-refractivity contribution in [2.24, 2.45) is 5.73 Å². The second kappa shape index (κ2) is 4.75. The van der Waals surface area contributed by atoms with E-state index >= 15 is 0 Å². The van der Waals surface area contributed by atoms with Crippen molar-refractivity contribution in [3.05, 3.63) is 28.8 Å². The maximum absolute atomic E-state index is 11.4. The van der Waals surface area contributed by atoms with Gasteiger partial charge in [0, 0.05) is 6.04 Å². The number of hydrogen-bond acceptors (Lipinski definition) is 4. The predicted octanol–water partition coefficient (Wildman–Crippen LogP) is 0.924. The van der Waals surface area contributed by atoms with E-state index in [0.29, 0.717) is 13.0 Å². The van der Waals surface area contributed by atoms with Crippen molar-refractivity contribution in [1.82, 2.24) is 0 Å². The molecule has 2 rings (SSSR count). The van der Waals surface area contributed by atoms with E-state index in [9.17, 15) is 9.90 Å². The van der Waals surface area contributed by atoms with E-state index in [2.05, 4.69) is 0 Å². The van der Waals surface area contributed by atoms with Crippen LogP contribution in [-0.4, -0.2) is 23.7 Å². The summed E-state index contributed by atoms with van der Waals surface area (Å²) in [6, 6.07) is 3.65. The number of carbonyl (C=O) groups excluding carboxylic acids is 1. The fraction of sp³-hybridized carbons (Fsp3) is 0.462. The Bertz CT molecular complexity index is 443. The molecule has 0 heterocycles. The fourth-order valence-electron chi connectivity index (χ4n) is 2.30. The number of aromatic hydroxyl groups is 1. The van der Waals surface area contributed by atoms with E-state index in [1.807, 2.05) is 6.07 Å². The van der Waals surface area contributed by atoms with Gasteiger partial charge in [0.15, 0.2) is 0 Å². The van der Waals surface area contributed by atoms with Gasteiger partial charge in [-0.25, -0.2) is 0 Å². The summed E-state index contributed by atoms with van der Waals surface area (Å²) < 4.78 is 4.88. The second-order valence-corrected chi connectivity index (χ2v) is 4.40. The molecule has 0 aliphatic heterocycles. The first-order valence-corrected chi connectivity index (χ1v) is 5.85. The Labute approximate surface area is 100 Å². The molecule has 4 nitrogen and oxygen atoms in total. The molecule has 0 saturated heterocycles. The van der Waals surface area contributed by atoms with Crippen LogP contribution in [-0.2, 0) is 28.8 Å². The van der Waals surface area contributed by atoms with Crippen LogP contribution < -0.4 is 5.73 Å². The highest BCUT2D eigenvalue weighted by Crippen LogP contribution is 2.31. The third-order valence-electron chi connectivity index (χ3n) is 2.98. The van der Waals surface area contributed by atoms with Crippen LogP contribution in [0.1, 0.15) is 23.6 Å². The van der Waals surface area contributed by atoms with Gasteiger partial charge in [-0.1, -0.05) is 6.07 Å². The number of ether oxygens (including phenoxy) is 1. The van der Waals surface area contributed by atoms with Crippen molar-refractivity contribution in [2.75, 3.05) is 6.61 Å². The summed E-state index contributed by atoms with van der Waals surface area (Å²) in [4.78, 5) is 11.4. The average molecular weight is 235 g/mol. The van der Waals surface area contributed by atoms with Crippen LogP contribution in [0.3, 0.4) is 0 Å². The zero-order chi connectivity index (χ0) is 12.4. The molecule has 0 amide bonds. The molecule has 1 aromatic rings. The van der Waals surface area contributed by atoms with Gasteiger partial charge in [0.05, 0.1) is 13.0 Å². The fourth-order valence-corrected chi connectivity index (χ4v) is 2.30. The Balaban J connectivity index is 2.18. The molecule has 0 bridgehead atoms. The van der Waals surface area contributed by atoms with Crippen LogP contribution in [0.5, 0.6) is 5.75 Å². The average Bonchev–Trinajstić information content (AvgIpc) is 2.59. The first kappa shape index (κ1) is 11.9. The Hall–Kier alpha value is -1.55. The van der Waals surface area contributed by atoms with E-state index in [4.69, 9.17) is 10.5 Å². The van der Waals surface area contributed by atoms with Crippen molar-refractivity contribution in [3.63, 3.8) is 0 Å². The van der Waals surface area contributed by atoms with Gasteiger partial charge in [-0.15, -0.1) is 0 Å². The summed E-state index contributed by atoms with van der Waals surface area (Å²) in [5, 5.41) is 9.87. The Morgan fingerprint density at radius 3 is 3.00 bits per heavy atom.